The number of anilines is 2. The third-order valence-electron chi connectivity index (χ3n) is 5.11. The van der Waals surface area contributed by atoms with Crippen LogP contribution < -0.4 is 20.3 Å². The second-order valence-corrected chi connectivity index (χ2v) is 7.70. The summed E-state index contributed by atoms with van der Waals surface area (Å²) < 4.78 is 13.4. The Morgan fingerprint density at radius 3 is 2.58 bits per heavy atom. The number of aromatic nitrogens is 6. The van der Waals surface area contributed by atoms with E-state index >= 15 is 0 Å². The number of H-pyrrole nitrogens is 1. The Kier molecular flexibility index (Phi) is 4.66. The van der Waals surface area contributed by atoms with Gasteiger partial charge in [0.1, 0.15) is 11.7 Å². The summed E-state index contributed by atoms with van der Waals surface area (Å²) in [5, 5.41) is 22.0. The van der Waals surface area contributed by atoms with Gasteiger partial charge in [-0.2, -0.15) is 9.78 Å². The van der Waals surface area contributed by atoms with E-state index in [-0.39, 0.29) is 5.56 Å². The monoisotopic (exact) mass is 481 g/mol. The number of hydrogen-bond donors (Lipinski definition) is 2. The summed E-state index contributed by atoms with van der Waals surface area (Å²) in [6.45, 7) is 0. The molecule has 0 bridgehead atoms. The van der Waals surface area contributed by atoms with Gasteiger partial charge in [-0.05, 0) is 40.3 Å². The molecule has 0 saturated heterocycles. The number of aromatic amines is 1. The highest BCUT2D eigenvalue weighted by atomic mass is 79.9. The maximum absolute atomic E-state index is 12.7. The molecule has 4 aromatic rings. The molecular weight excluding hydrogens is 466 g/mol. The molecule has 1 atom stereocenters. The van der Waals surface area contributed by atoms with Crippen LogP contribution in [0.2, 0.25) is 0 Å². The first kappa shape index (κ1) is 19.2. The minimum atomic E-state index is -0.519. The molecule has 1 unspecified atom stereocenters. The van der Waals surface area contributed by atoms with Crippen molar-refractivity contribution >= 4 is 27.6 Å². The second kappa shape index (κ2) is 7.51. The average molecular weight is 482 g/mol. The van der Waals surface area contributed by atoms with Gasteiger partial charge in [-0.25, -0.2) is 5.10 Å². The first-order chi connectivity index (χ1) is 15.1. The highest BCUT2D eigenvalue weighted by molar-refractivity contribution is 9.10. The molecule has 0 radical (unpaired) electrons. The van der Waals surface area contributed by atoms with Crippen LogP contribution in [0.4, 0.5) is 11.6 Å². The van der Waals surface area contributed by atoms with E-state index in [0.29, 0.717) is 34.4 Å². The maximum atomic E-state index is 12.7. The minimum Gasteiger partial charge on any atom is -0.493 e. The maximum Gasteiger partial charge on any atom is 0.288 e. The SMILES string of the molecule is COc1ccc(C2c3c(-c4ccc(Br)cc4)n[nH]c(=O)c3Nc3nnnn32)cc1OC. The number of nitrogens with zero attached hydrogens (tertiary/aromatic N) is 5. The molecule has 11 heteroatoms. The van der Waals surface area contributed by atoms with Crippen molar-refractivity contribution in [3.8, 4) is 22.8 Å². The fourth-order valence-electron chi connectivity index (χ4n) is 3.70. The van der Waals surface area contributed by atoms with E-state index < -0.39 is 6.04 Å². The molecule has 0 spiro atoms. The first-order valence-electron chi connectivity index (χ1n) is 9.26. The zero-order valence-corrected chi connectivity index (χ0v) is 18.0. The number of hydrogen-bond acceptors (Lipinski definition) is 8. The van der Waals surface area contributed by atoms with Gasteiger partial charge in [-0.15, -0.1) is 0 Å². The Hall–Kier alpha value is -3.73. The minimum absolute atomic E-state index is 0.343. The Morgan fingerprint density at radius 1 is 1.06 bits per heavy atom. The number of methoxy groups -OCH3 is 2. The van der Waals surface area contributed by atoms with Crippen LogP contribution in [0.15, 0.2) is 51.7 Å². The van der Waals surface area contributed by atoms with Crippen LogP contribution in [0.1, 0.15) is 17.2 Å². The number of tetrazole rings is 1. The largest absolute Gasteiger partial charge is 0.493 e. The van der Waals surface area contributed by atoms with Crippen LogP contribution in [-0.4, -0.2) is 44.6 Å². The van der Waals surface area contributed by atoms with Crippen molar-refractivity contribution in [1.29, 1.82) is 0 Å². The van der Waals surface area contributed by atoms with Gasteiger partial charge in [-0.3, -0.25) is 4.79 Å². The molecule has 2 aromatic heterocycles. The number of benzene rings is 2. The van der Waals surface area contributed by atoms with E-state index in [1.807, 2.05) is 36.4 Å². The van der Waals surface area contributed by atoms with Gasteiger partial charge < -0.3 is 14.8 Å². The summed E-state index contributed by atoms with van der Waals surface area (Å²) in [5.41, 5.74) is 2.87. The van der Waals surface area contributed by atoms with E-state index in [4.69, 9.17) is 9.47 Å². The lowest BCUT2D eigenvalue weighted by Gasteiger charge is -2.28. The lowest BCUT2D eigenvalue weighted by molar-refractivity contribution is 0.354. The van der Waals surface area contributed by atoms with Gasteiger partial charge in [0.05, 0.1) is 19.9 Å². The number of rotatable bonds is 4. The molecule has 5 rings (SSSR count). The normalized spacial score (nSPS) is 14.4. The summed E-state index contributed by atoms with van der Waals surface area (Å²) in [7, 11) is 3.14. The van der Waals surface area contributed by atoms with Crippen LogP contribution in [-0.2, 0) is 0 Å². The van der Waals surface area contributed by atoms with Gasteiger partial charge in [-0.1, -0.05) is 39.2 Å². The van der Waals surface area contributed by atoms with Crippen molar-refractivity contribution in [2.45, 2.75) is 6.04 Å². The third kappa shape index (κ3) is 3.13. The molecule has 3 heterocycles. The molecule has 0 aliphatic carbocycles. The van der Waals surface area contributed by atoms with Gasteiger partial charge in [0.15, 0.2) is 11.5 Å². The highest BCUT2D eigenvalue weighted by Gasteiger charge is 2.34. The van der Waals surface area contributed by atoms with Crippen molar-refractivity contribution in [1.82, 2.24) is 30.4 Å². The quantitative estimate of drug-likeness (QED) is 0.402. The Morgan fingerprint density at radius 2 is 1.84 bits per heavy atom. The zero-order valence-electron chi connectivity index (χ0n) is 16.5. The van der Waals surface area contributed by atoms with E-state index in [2.05, 4.69) is 47.0 Å². The summed E-state index contributed by atoms with van der Waals surface area (Å²) in [5.74, 6) is 1.50. The second-order valence-electron chi connectivity index (χ2n) is 6.79. The van der Waals surface area contributed by atoms with Gasteiger partial charge in [0.2, 0.25) is 5.95 Å². The molecule has 1 aliphatic heterocycles. The Labute approximate surface area is 184 Å². The summed E-state index contributed by atoms with van der Waals surface area (Å²) >= 11 is 3.45. The lowest BCUT2D eigenvalue weighted by atomic mass is 9.92. The van der Waals surface area contributed by atoms with Crippen LogP contribution in [0, 0.1) is 0 Å². The van der Waals surface area contributed by atoms with Crippen molar-refractivity contribution in [2.24, 2.45) is 0 Å². The van der Waals surface area contributed by atoms with Crippen molar-refractivity contribution in [3.63, 3.8) is 0 Å². The Bertz CT molecular complexity index is 1330. The van der Waals surface area contributed by atoms with Gasteiger partial charge >= 0.3 is 0 Å². The van der Waals surface area contributed by atoms with Gasteiger partial charge in [0.25, 0.3) is 5.56 Å². The summed E-state index contributed by atoms with van der Waals surface area (Å²) in [6, 6.07) is 12.7. The zero-order chi connectivity index (χ0) is 21.5. The molecule has 2 N–H and O–H groups in total. The molecule has 0 amide bonds. The van der Waals surface area contributed by atoms with E-state index in [1.54, 1.807) is 25.0 Å². The average Bonchev–Trinajstić information content (AvgIpc) is 3.27. The molecule has 1 aliphatic rings. The predicted molar refractivity (Wildman–Crippen MR) is 116 cm³/mol. The van der Waals surface area contributed by atoms with Crippen LogP contribution in [0.3, 0.4) is 0 Å². The molecule has 2 aromatic carbocycles. The summed E-state index contributed by atoms with van der Waals surface area (Å²) in [6.07, 6.45) is 0. The third-order valence-corrected chi connectivity index (χ3v) is 5.64. The molecule has 0 fully saturated rings. The summed E-state index contributed by atoms with van der Waals surface area (Å²) in [4.78, 5) is 12.7. The number of fused-ring (bicyclic) bond motifs is 2. The number of halogens is 1. The highest BCUT2D eigenvalue weighted by Crippen LogP contribution is 2.43. The van der Waals surface area contributed by atoms with Crippen molar-refractivity contribution < 1.29 is 9.47 Å². The van der Waals surface area contributed by atoms with Crippen molar-refractivity contribution in [3.05, 3.63) is 68.4 Å². The molecular formula is C20H16BrN7O3. The smallest absolute Gasteiger partial charge is 0.288 e. The van der Waals surface area contributed by atoms with Crippen LogP contribution in [0.25, 0.3) is 11.3 Å². The molecule has 31 heavy (non-hydrogen) atoms. The molecule has 156 valence electrons. The number of ether oxygens (including phenoxy) is 2. The van der Waals surface area contributed by atoms with E-state index in [1.165, 1.54) is 0 Å². The molecule has 10 nitrogen and oxygen atoms in total. The fraction of sp³-hybridized carbons (Fsp3) is 0.150. The lowest BCUT2D eigenvalue weighted by Crippen LogP contribution is -2.29. The van der Waals surface area contributed by atoms with Crippen LogP contribution in [0.5, 0.6) is 11.5 Å². The van der Waals surface area contributed by atoms with E-state index in [0.717, 1.165) is 15.6 Å². The topological polar surface area (TPSA) is 120 Å². The van der Waals surface area contributed by atoms with Crippen molar-refractivity contribution in [2.75, 3.05) is 19.5 Å². The van der Waals surface area contributed by atoms with Gasteiger partial charge in [0, 0.05) is 15.6 Å². The van der Waals surface area contributed by atoms with E-state index in [9.17, 15) is 4.79 Å². The predicted octanol–water partition coefficient (Wildman–Crippen LogP) is 2.90. The number of nitrogens with one attached hydrogen (secondary N) is 2. The Balaban J connectivity index is 1.79. The fourth-order valence-corrected chi connectivity index (χ4v) is 3.96. The standard InChI is InChI=1S/C20H16BrN7O3/c1-30-13-8-5-11(9-14(13)31-2)18-15-16(10-3-6-12(21)7-4-10)23-24-19(29)17(15)22-20-25-26-27-28(18)20/h3-9,18H,1-2H3,(H,24,29)(H,22,25,27). The van der Waals surface area contributed by atoms with Crippen LogP contribution >= 0.6 is 15.9 Å². The first-order valence-corrected chi connectivity index (χ1v) is 10.1. The molecule has 0 saturated carbocycles.